The van der Waals surface area contributed by atoms with Gasteiger partial charge in [0.05, 0.1) is 10.7 Å². The summed E-state index contributed by atoms with van der Waals surface area (Å²) in [6.07, 6.45) is 1.08. The number of hydrogen-bond donors (Lipinski definition) is 3. The Balaban J connectivity index is 3.36. The van der Waals surface area contributed by atoms with Gasteiger partial charge in [-0.2, -0.15) is 0 Å². The second-order valence-electron chi connectivity index (χ2n) is 3.19. The van der Waals surface area contributed by atoms with Crippen LogP contribution in [-0.2, 0) is 10.0 Å². The minimum absolute atomic E-state index is 0.0111. The van der Waals surface area contributed by atoms with Gasteiger partial charge in [-0.1, -0.05) is 23.7 Å². The van der Waals surface area contributed by atoms with Crippen molar-refractivity contribution in [2.24, 2.45) is 16.5 Å². The summed E-state index contributed by atoms with van der Waals surface area (Å²) in [5.41, 5.74) is 10.9. The van der Waals surface area contributed by atoms with E-state index in [1.165, 1.54) is 19.2 Å². The zero-order valence-electron chi connectivity index (χ0n) is 9.59. The van der Waals surface area contributed by atoms with E-state index < -0.39 is 10.0 Å². The second-order valence-corrected chi connectivity index (χ2v) is 5.45. The van der Waals surface area contributed by atoms with Gasteiger partial charge >= 0.3 is 0 Å². The van der Waals surface area contributed by atoms with Crippen LogP contribution < -0.4 is 16.2 Å². The van der Waals surface area contributed by atoms with Crippen LogP contribution in [0, 0.1) is 0 Å². The number of amidine groups is 1. The molecule has 0 aliphatic rings. The molecule has 1 aromatic rings. The van der Waals surface area contributed by atoms with Crippen molar-refractivity contribution in [1.82, 2.24) is 4.72 Å². The molecule has 1 rings (SSSR count). The summed E-state index contributed by atoms with van der Waals surface area (Å²) in [5, 5.41) is 0.0478. The lowest BCUT2D eigenvalue weighted by Gasteiger charge is -2.06. The van der Waals surface area contributed by atoms with Gasteiger partial charge < -0.3 is 11.5 Å². The van der Waals surface area contributed by atoms with Crippen molar-refractivity contribution in [3.63, 3.8) is 0 Å². The van der Waals surface area contributed by atoms with E-state index in [-0.39, 0.29) is 21.5 Å². The van der Waals surface area contributed by atoms with E-state index in [1.54, 1.807) is 12.1 Å². The highest BCUT2D eigenvalue weighted by molar-refractivity contribution is 7.89. The van der Waals surface area contributed by atoms with Crippen molar-refractivity contribution in [1.29, 1.82) is 0 Å². The summed E-state index contributed by atoms with van der Waals surface area (Å²) in [6, 6.07) is 6.15. The number of para-hydroxylation sites is 1. The summed E-state index contributed by atoms with van der Waals surface area (Å²) < 4.78 is 25.7. The van der Waals surface area contributed by atoms with Crippen LogP contribution in [0.25, 0.3) is 0 Å². The van der Waals surface area contributed by atoms with Crippen molar-refractivity contribution in [2.45, 2.75) is 4.90 Å². The third-order valence-corrected chi connectivity index (χ3v) is 3.84. The summed E-state index contributed by atoms with van der Waals surface area (Å²) in [5.74, 6) is -0.0575. The van der Waals surface area contributed by atoms with Crippen LogP contribution in [0.4, 0.5) is 5.69 Å². The van der Waals surface area contributed by atoms with Gasteiger partial charge in [0.2, 0.25) is 10.0 Å². The van der Waals surface area contributed by atoms with Crippen LogP contribution in [0.2, 0.25) is 0 Å². The van der Waals surface area contributed by atoms with Gasteiger partial charge in [0, 0.05) is 6.20 Å². The second kappa shape index (κ2) is 5.85. The van der Waals surface area contributed by atoms with Crippen LogP contribution in [0.1, 0.15) is 0 Å². The Kier molecular flexibility index (Phi) is 4.71. The molecule has 0 radical (unpaired) electrons. The van der Waals surface area contributed by atoms with Gasteiger partial charge in [0.25, 0.3) is 0 Å². The number of nitrogens with zero attached hydrogens (tertiary/aromatic N) is 1. The van der Waals surface area contributed by atoms with E-state index in [2.05, 4.69) is 9.71 Å². The topological polar surface area (TPSA) is 111 Å². The Hall–Kier alpha value is -1.57. The first-order valence-corrected chi connectivity index (χ1v) is 6.73. The summed E-state index contributed by atoms with van der Waals surface area (Å²) in [7, 11) is -2.30. The Morgan fingerprint density at radius 1 is 1.44 bits per heavy atom. The van der Waals surface area contributed by atoms with E-state index in [4.69, 9.17) is 23.1 Å². The van der Waals surface area contributed by atoms with Gasteiger partial charge in [-0.05, 0) is 19.2 Å². The van der Waals surface area contributed by atoms with E-state index in [0.29, 0.717) is 0 Å². The van der Waals surface area contributed by atoms with Crippen molar-refractivity contribution >= 4 is 33.1 Å². The molecule has 0 fully saturated rings. The van der Waals surface area contributed by atoms with Crippen LogP contribution in [0.15, 0.2) is 45.4 Å². The minimum Gasteiger partial charge on any atom is -0.403 e. The molecule has 0 amide bonds. The smallest absolute Gasteiger partial charge is 0.242 e. The Labute approximate surface area is 110 Å². The molecule has 5 N–H and O–H groups in total. The van der Waals surface area contributed by atoms with Crippen LogP contribution >= 0.6 is 11.6 Å². The van der Waals surface area contributed by atoms with E-state index >= 15 is 0 Å². The molecular formula is C10H13ClN4O2S. The maximum absolute atomic E-state index is 11.7. The fourth-order valence-corrected chi connectivity index (χ4v) is 2.06. The SMILES string of the molecule is CNS(=O)(=O)c1ccccc1N=C(N)C(Cl)=CN. The highest BCUT2D eigenvalue weighted by atomic mass is 35.5. The molecule has 0 aliphatic heterocycles. The number of rotatable bonds is 4. The number of sulfonamides is 1. The molecule has 0 aliphatic carbocycles. The normalized spacial score (nSPS) is 13.7. The van der Waals surface area contributed by atoms with E-state index in [1.807, 2.05) is 0 Å². The van der Waals surface area contributed by atoms with Crippen molar-refractivity contribution in [3.8, 4) is 0 Å². The molecule has 0 spiro atoms. The molecule has 8 heteroatoms. The average molecular weight is 289 g/mol. The van der Waals surface area contributed by atoms with Gasteiger partial charge in [-0.15, -0.1) is 0 Å². The molecule has 0 bridgehead atoms. The zero-order chi connectivity index (χ0) is 13.8. The van der Waals surface area contributed by atoms with Gasteiger partial charge in [-0.3, -0.25) is 0 Å². The summed E-state index contributed by atoms with van der Waals surface area (Å²) in [6.45, 7) is 0. The molecule has 0 atom stereocenters. The van der Waals surface area contributed by atoms with Gasteiger partial charge in [0.1, 0.15) is 10.7 Å². The molecule has 98 valence electrons. The highest BCUT2D eigenvalue weighted by Gasteiger charge is 2.16. The highest BCUT2D eigenvalue weighted by Crippen LogP contribution is 2.24. The Morgan fingerprint density at radius 2 is 2.06 bits per heavy atom. The average Bonchev–Trinajstić information content (AvgIpc) is 2.38. The van der Waals surface area contributed by atoms with Crippen LogP contribution in [0.5, 0.6) is 0 Å². The molecule has 0 unspecified atom stereocenters. The maximum Gasteiger partial charge on any atom is 0.242 e. The number of benzene rings is 1. The number of aliphatic imine (C=N–C) groups is 1. The van der Waals surface area contributed by atoms with Crippen molar-refractivity contribution < 1.29 is 8.42 Å². The largest absolute Gasteiger partial charge is 0.403 e. The van der Waals surface area contributed by atoms with Crippen LogP contribution in [-0.4, -0.2) is 21.3 Å². The number of nitrogens with two attached hydrogens (primary N) is 2. The molecular weight excluding hydrogens is 276 g/mol. The first kappa shape index (κ1) is 14.5. The Morgan fingerprint density at radius 3 is 2.61 bits per heavy atom. The predicted octanol–water partition coefficient (Wildman–Crippen LogP) is 0.622. The standard InChI is InChI=1S/C10H13ClN4O2S/c1-14-18(16,17)9-5-3-2-4-8(9)15-10(13)7(11)6-12/h2-6,14H,12H2,1H3,(H2,13,15). The number of hydrogen-bond acceptors (Lipinski definition) is 4. The molecule has 18 heavy (non-hydrogen) atoms. The fourth-order valence-electron chi connectivity index (χ4n) is 1.16. The summed E-state index contributed by atoms with van der Waals surface area (Å²) >= 11 is 5.68. The van der Waals surface area contributed by atoms with E-state index in [0.717, 1.165) is 6.20 Å². The lowest BCUT2D eigenvalue weighted by Crippen LogP contribution is -2.19. The number of halogens is 1. The quantitative estimate of drug-likeness (QED) is 0.557. The molecule has 1 aromatic carbocycles. The number of nitrogens with one attached hydrogen (secondary N) is 1. The first-order chi connectivity index (χ1) is 8.42. The van der Waals surface area contributed by atoms with Crippen LogP contribution in [0.3, 0.4) is 0 Å². The van der Waals surface area contributed by atoms with Gasteiger partial charge in [0.15, 0.2) is 0 Å². The lowest BCUT2D eigenvalue weighted by molar-refractivity contribution is 0.588. The monoisotopic (exact) mass is 288 g/mol. The van der Waals surface area contributed by atoms with Crippen molar-refractivity contribution in [3.05, 3.63) is 35.5 Å². The third kappa shape index (κ3) is 3.22. The third-order valence-electron chi connectivity index (χ3n) is 2.06. The molecule has 0 heterocycles. The molecule has 0 saturated heterocycles. The van der Waals surface area contributed by atoms with E-state index in [9.17, 15) is 8.42 Å². The predicted molar refractivity (Wildman–Crippen MR) is 72.1 cm³/mol. The maximum atomic E-state index is 11.7. The molecule has 6 nitrogen and oxygen atoms in total. The minimum atomic E-state index is -3.61. The summed E-state index contributed by atoms with van der Waals surface area (Å²) in [4.78, 5) is 3.95. The first-order valence-electron chi connectivity index (χ1n) is 4.87. The molecule has 0 aromatic heterocycles. The zero-order valence-corrected chi connectivity index (χ0v) is 11.2. The van der Waals surface area contributed by atoms with Gasteiger partial charge in [-0.25, -0.2) is 18.1 Å². The van der Waals surface area contributed by atoms with Crippen molar-refractivity contribution in [2.75, 3.05) is 7.05 Å². The Bertz CT molecular complexity index is 596. The fraction of sp³-hybridized carbons (Fsp3) is 0.100. The molecule has 0 saturated carbocycles. The lowest BCUT2D eigenvalue weighted by atomic mass is 10.3.